The Morgan fingerprint density at radius 2 is 2.00 bits per heavy atom. The first-order chi connectivity index (χ1) is 15.6. The molecule has 2 heterocycles. The van der Waals surface area contributed by atoms with E-state index < -0.39 is 0 Å². The Bertz CT molecular complexity index is 1040. The number of benzene rings is 2. The number of ether oxygens (including phenoxy) is 1. The van der Waals surface area contributed by atoms with Crippen molar-refractivity contribution in [2.75, 3.05) is 20.2 Å². The first-order valence-electron chi connectivity index (χ1n) is 11.3. The maximum Gasteiger partial charge on any atom is 0.255 e. The van der Waals surface area contributed by atoms with Crippen molar-refractivity contribution in [1.82, 2.24) is 15.2 Å². The van der Waals surface area contributed by atoms with Gasteiger partial charge >= 0.3 is 0 Å². The van der Waals surface area contributed by atoms with Gasteiger partial charge in [-0.25, -0.2) is 0 Å². The summed E-state index contributed by atoms with van der Waals surface area (Å²) in [6.45, 7) is 5.04. The summed E-state index contributed by atoms with van der Waals surface area (Å²) in [5, 5.41) is 3.28. The fraction of sp³-hybridized carbons (Fsp3) is 0.333. The molecule has 1 aliphatic heterocycles. The molecule has 0 aliphatic carbocycles. The maximum absolute atomic E-state index is 13.2. The van der Waals surface area contributed by atoms with Gasteiger partial charge in [0.25, 0.3) is 5.91 Å². The Morgan fingerprint density at radius 3 is 2.78 bits per heavy atom. The van der Waals surface area contributed by atoms with Crippen LogP contribution in [0.1, 0.15) is 46.1 Å². The van der Waals surface area contributed by atoms with Crippen molar-refractivity contribution >= 4 is 5.91 Å². The number of piperidine rings is 1. The number of likely N-dealkylation sites (tertiary alicyclic amines) is 1. The number of aryl methyl sites for hydroxylation is 1. The lowest BCUT2D eigenvalue weighted by atomic mass is 9.88. The zero-order valence-electron chi connectivity index (χ0n) is 18.8. The molecule has 0 radical (unpaired) electrons. The van der Waals surface area contributed by atoms with Crippen molar-refractivity contribution in [3.63, 3.8) is 0 Å². The highest BCUT2D eigenvalue weighted by molar-refractivity contribution is 5.97. The van der Waals surface area contributed by atoms with E-state index in [-0.39, 0.29) is 17.9 Å². The summed E-state index contributed by atoms with van der Waals surface area (Å²) >= 11 is 0. The van der Waals surface area contributed by atoms with E-state index in [0.29, 0.717) is 11.3 Å². The topological polar surface area (TPSA) is 54.5 Å². The minimum atomic E-state index is -0.158. The number of pyridine rings is 1. The second-order valence-corrected chi connectivity index (χ2v) is 8.53. The fourth-order valence-corrected chi connectivity index (χ4v) is 4.62. The van der Waals surface area contributed by atoms with Crippen LogP contribution < -0.4 is 10.1 Å². The van der Waals surface area contributed by atoms with E-state index in [9.17, 15) is 4.79 Å². The molecule has 0 spiro atoms. The highest BCUT2D eigenvalue weighted by atomic mass is 16.5. The van der Waals surface area contributed by atoms with E-state index in [1.54, 1.807) is 19.4 Å². The molecule has 4 rings (SSSR count). The van der Waals surface area contributed by atoms with Crippen molar-refractivity contribution < 1.29 is 9.53 Å². The van der Waals surface area contributed by atoms with E-state index >= 15 is 0 Å². The standard InChI is InChI=1S/C27H31N3O2/c1-20-9-7-10-21(17-20)18-30-16-8-11-22(19-30)26(24-13-5-6-15-28-24)29-27(31)23-12-3-4-14-25(23)32-2/h3-7,9-10,12-15,17,22,26H,8,11,16,18-19H2,1-2H3,(H,29,31)/t22-,26+/m0/s1. The largest absolute Gasteiger partial charge is 0.496 e. The number of para-hydroxylation sites is 1. The van der Waals surface area contributed by atoms with Crippen molar-refractivity contribution in [2.24, 2.45) is 5.92 Å². The van der Waals surface area contributed by atoms with Crippen LogP contribution in [0.2, 0.25) is 0 Å². The Balaban J connectivity index is 1.54. The van der Waals surface area contributed by atoms with Crippen LogP contribution >= 0.6 is 0 Å². The Morgan fingerprint density at radius 1 is 1.16 bits per heavy atom. The van der Waals surface area contributed by atoms with E-state index in [1.807, 2.05) is 36.4 Å². The summed E-state index contributed by atoms with van der Waals surface area (Å²) in [6.07, 6.45) is 3.95. The number of amides is 1. The van der Waals surface area contributed by atoms with E-state index in [4.69, 9.17) is 4.74 Å². The second-order valence-electron chi connectivity index (χ2n) is 8.53. The van der Waals surface area contributed by atoms with Crippen molar-refractivity contribution in [3.8, 4) is 5.75 Å². The van der Waals surface area contributed by atoms with Crippen LogP contribution in [-0.2, 0) is 6.54 Å². The van der Waals surface area contributed by atoms with Crippen molar-refractivity contribution in [3.05, 3.63) is 95.3 Å². The molecule has 166 valence electrons. The predicted molar refractivity (Wildman–Crippen MR) is 127 cm³/mol. The second kappa shape index (κ2) is 10.4. The van der Waals surface area contributed by atoms with Crippen LogP contribution in [0.5, 0.6) is 5.75 Å². The molecule has 1 saturated heterocycles. The van der Waals surface area contributed by atoms with Gasteiger partial charge in [0, 0.05) is 19.3 Å². The van der Waals surface area contributed by atoms with Gasteiger partial charge in [0.15, 0.2) is 0 Å². The molecule has 0 bridgehead atoms. The molecule has 2 aromatic carbocycles. The van der Waals surface area contributed by atoms with Crippen LogP contribution in [0, 0.1) is 12.8 Å². The van der Waals surface area contributed by atoms with Gasteiger partial charge in [0.1, 0.15) is 5.75 Å². The third-order valence-electron chi connectivity index (χ3n) is 6.15. The summed E-state index contributed by atoms with van der Waals surface area (Å²) in [4.78, 5) is 20.3. The molecule has 5 heteroatoms. The first kappa shape index (κ1) is 22.0. The molecular weight excluding hydrogens is 398 g/mol. The monoisotopic (exact) mass is 429 g/mol. The molecule has 1 N–H and O–H groups in total. The van der Waals surface area contributed by atoms with Crippen LogP contribution in [0.15, 0.2) is 72.9 Å². The molecule has 1 fully saturated rings. The van der Waals surface area contributed by atoms with Gasteiger partial charge in [-0.15, -0.1) is 0 Å². The summed E-state index contributed by atoms with van der Waals surface area (Å²) in [5.41, 5.74) is 4.06. The molecule has 1 aliphatic rings. The van der Waals surface area contributed by atoms with Gasteiger partial charge in [-0.2, -0.15) is 0 Å². The predicted octanol–water partition coefficient (Wildman–Crippen LogP) is 4.78. The van der Waals surface area contributed by atoms with Crippen molar-refractivity contribution in [1.29, 1.82) is 0 Å². The fourth-order valence-electron chi connectivity index (χ4n) is 4.62. The number of nitrogens with one attached hydrogen (secondary N) is 1. The molecule has 3 aromatic rings. The van der Waals surface area contributed by atoms with Gasteiger partial charge in [-0.05, 0) is 62.1 Å². The minimum Gasteiger partial charge on any atom is -0.496 e. The summed E-state index contributed by atoms with van der Waals surface area (Å²) in [6, 6.07) is 21.8. The zero-order chi connectivity index (χ0) is 22.3. The van der Waals surface area contributed by atoms with Gasteiger partial charge in [-0.1, -0.05) is 48.0 Å². The number of rotatable bonds is 7. The molecule has 0 saturated carbocycles. The van der Waals surface area contributed by atoms with Gasteiger partial charge < -0.3 is 10.1 Å². The SMILES string of the molecule is COc1ccccc1C(=O)N[C@@H](c1ccccn1)[C@H]1CCCN(Cc2cccc(C)c2)C1. The third-order valence-corrected chi connectivity index (χ3v) is 6.15. The maximum atomic E-state index is 13.2. The Labute approximate surface area is 190 Å². The van der Waals surface area contributed by atoms with Gasteiger partial charge in [-0.3, -0.25) is 14.7 Å². The molecule has 1 aromatic heterocycles. The number of methoxy groups -OCH3 is 1. The molecule has 1 amide bonds. The summed E-state index contributed by atoms with van der Waals surface area (Å²) in [5.74, 6) is 0.727. The Kier molecular flexibility index (Phi) is 7.17. The number of nitrogens with zero attached hydrogens (tertiary/aromatic N) is 2. The zero-order valence-corrected chi connectivity index (χ0v) is 18.8. The number of carbonyl (C=O) groups is 1. The molecule has 0 unspecified atom stereocenters. The number of hydrogen-bond acceptors (Lipinski definition) is 4. The van der Waals surface area contributed by atoms with Gasteiger partial charge in [0.05, 0.1) is 24.4 Å². The first-order valence-corrected chi connectivity index (χ1v) is 11.3. The summed E-state index contributed by atoms with van der Waals surface area (Å²) < 4.78 is 5.41. The molecule has 32 heavy (non-hydrogen) atoms. The Hall–Kier alpha value is -3.18. The lowest BCUT2D eigenvalue weighted by Crippen LogP contribution is -2.43. The quantitative estimate of drug-likeness (QED) is 0.587. The average Bonchev–Trinajstić information content (AvgIpc) is 2.83. The molecule has 5 nitrogen and oxygen atoms in total. The minimum absolute atomic E-state index is 0.131. The van der Waals surface area contributed by atoms with Crippen LogP contribution in [-0.4, -0.2) is 36.0 Å². The number of hydrogen-bond donors (Lipinski definition) is 1. The summed E-state index contributed by atoms with van der Waals surface area (Å²) in [7, 11) is 1.59. The van der Waals surface area contributed by atoms with E-state index in [0.717, 1.165) is 38.2 Å². The smallest absolute Gasteiger partial charge is 0.255 e. The van der Waals surface area contributed by atoms with Crippen LogP contribution in [0.4, 0.5) is 0 Å². The van der Waals surface area contributed by atoms with Crippen molar-refractivity contribution in [2.45, 2.75) is 32.4 Å². The van der Waals surface area contributed by atoms with E-state index in [1.165, 1.54) is 11.1 Å². The van der Waals surface area contributed by atoms with Crippen LogP contribution in [0.3, 0.4) is 0 Å². The van der Waals surface area contributed by atoms with Gasteiger partial charge in [0.2, 0.25) is 0 Å². The highest BCUT2D eigenvalue weighted by Crippen LogP contribution is 2.30. The van der Waals surface area contributed by atoms with E-state index in [2.05, 4.69) is 46.4 Å². The molecular formula is C27H31N3O2. The number of aromatic nitrogens is 1. The lowest BCUT2D eigenvalue weighted by Gasteiger charge is -2.37. The normalized spacial score (nSPS) is 17.5. The highest BCUT2D eigenvalue weighted by Gasteiger charge is 2.31. The third kappa shape index (κ3) is 5.35. The lowest BCUT2D eigenvalue weighted by molar-refractivity contribution is 0.0872. The molecule has 2 atom stereocenters. The van der Waals surface area contributed by atoms with Crippen LogP contribution in [0.25, 0.3) is 0 Å². The average molecular weight is 430 g/mol. The number of carbonyl (C=O) groups excluding carboxylic acids is 1.